The molecule has 0 aliphatic carbocycles. The molecular weight excluding hydrogens is 211 g/mol. The molecule has 0 spiro atoms. The van der Waals surface area contributed by atoms with Crippen LogP contribution in [0.5, 0.6) is 0 Å². The Balaban J connectivity index is 3.35. The van der Waals surface area contributed by atoms with Crippen molar-refractivity contribution in [3.63, 3.8) is 0 Å². The van der Waals surface area contributed by atoms with E-state index >= 15 is 0 Å². The van der Waals surface area contributed by atoms with E-state index in [1.807, 2.05) is 0 Å². The molecule has 0 N–H and O–H groups in total. The SMILES string of the molecule is CCC(CBr)C(Cl)Cl. The molecule has 0 rings (SSSR count). The molecule has 1 atom stereocenters. The molecule has 0 radical (unpaired) electrons. The van der Waals surface area contributed by atoms with Gasteiger partial charge in [0.25, 0.3) is 0 Å². The minimum Gasteiger partial charge on any atom is -0.105 e. The topological polar surface area (TPSA) is 0 Å². The van der Waals surface area contributed by atoms with E-state index in [1.54, 1.807) is 0 Å². The Morgan fingerprint density at radius 1 is 1.50 bits per heavy atom. The molecule has 0 aliphatic heterocycles. The Morgan fingerprint density at radius 2 is 2.00 bits per heavy atom. The van der Waals surface area contributed by atoms with Crippen LogP contribution in [0.4, 0.5) is 0 Å². The molecule has 0 aromatic rings. The summed E-state index contributed by atoms with van der Waals surface area (Å²) in [4.78, 5) is -0.223. The molecule has 0 nitrogen and oxygen atoms in total. The normalized spacial score (nSPS) is 14.6. The summed E-state index contributed by atoms with van der Waals surface area (Å²) in [6.07, 6.45) is 1.03. The highest BCUT2D eigenvalue weighted by Gasteiger charge is 2.11. The first-order chi connectivity index (χ1) is 3.72. The van der Waals surface area contributed by atoms with Crippen LogP contribution < -0.4 is 0 Å². The second kappa shape index (κ2) is 4.89. The fourth-order valence-electron chi connectivity index (χ4n) is 0.355. The van der Waals surface area contributed by atoms with Crippen molar-refractivity contribution in [2.24, 2.45) is 5.92 Å². The van der Waals surface area contributed by atoms with Gasteiger partial charge in [-0.15, -0.1) is 23.2 Å². The zero-order chi connectivity index (χ0) is 6.57. The molecule has 0 aliphatic rings. The molecule has 0 aromatic carbocycles. The maximum absolute atomic E-state index is 5.58. The van der Waals surface area contributed by atoms with Crippen LogP contribution in [0.15, 0.2) is 0 Å². The van der Waals surface area contributed by atoms with E-state index in [2.05, 4.69) is 22.9 Å². The highest BCUT2D eigenvalue weighted by atomic mass is 79.9. The van der Waals surface area contributed by atoms with Gasteiger partial charge in [0.15, 0.2) is 0 Å². The quantitative estimate of drug-likeness (QED) is 0.640. The van der Waals surface area contributed by atoms with Gasteiger partial charge in [-0.05, 0) is 12.3 Å². The fourth-order valence-corrected chi connectivity index (χ4v) is 2.15. The fraction of sp³-hybridized carbons (Fsp3) is 1.00. The van der Waals surface area contributed by atoms with Gasteiger partial charge >= 0.3 is 0 Å². The molecule has 3 heteroatoms. The van der Waals surface area contributed by atoms with Crippen LogP contribution in [0.1, 0.15) is 13.3 Å². The maximum Gasteiger partial charge on any atom is 0.111 e. The van der Waals surface area contributed by atoms with Crippen molar-refractivity contribution in [1.29, 1.82) is 0 Å². The largest absolute Gasteiger partial charge is 0.111 e. The summed E-state index contributed by atoms with van der Waals surface area (Å²) in [6.45, 7) is 2.07. The van der Waals surface area contributed by atoms with Gasteiger partial charge < -0.3 is 0 Å². The second-order valence-corrected chi connectivity index (χ2v) is 3.47. The summed E-state index contributed by atoms with van der Waals surface area (Å²) in [7, 11) is 0. The average Bonchev–Trinajstić information content (AvgIpc) is 1.69. The van der Waals surface area contributed by atoms with Gasteiger partial charge in [-0.1, -0.05) is 22.9 Å². The average molecular weight is 220 g/mol. The van der Waals surface area contributed by atoms with Crippen LogP contribution in [0.25, 0.3) is 0 Å². The van der Waals surface area contributed by atoms with Gasteiger partial charge in [0.2, 0.25) is 0 Å². The zero-order valence-corrected chi connectivity index (χ0v) is 7.80. The standard InChI is InChI=1S/C5H9BrCl2/c1-2-4(3-6)5(7)8/h4-5H,2-3H2,1H3. The summed E-state index contributed by atoms with van der Waals surface area (Å²) in [5.41, 5.74) is 0. The third-order valence-corrected chi connectivity index (χ3v) is 2.62. The molecule has 0 amide bonds. The Morgan fingerprint density at radius 3 is 2.00 bits per heavy atom. The van der Waals surface area contributed by atoms with Crippen molar-refractivity contribution < 1.29 is 0 Å². The first-order valence-corrected chi connectivity index (χ1v) is 4.55. The van der Waals surface area contributed by atoms with E-state index in [9.17, 15) is 0 Å². The summed E-state index contributed by atoms with van der Waals surface area (Å²) in [5.74, 6) is 0.401. The Hall–Kier alpha value is 1.06. The first kappa shape index (κ1) is 9.06. The molecule has 0 saturated heterocycles. The van der Waals surface area contributed by atoms with Crippen molar-refractivity contribution in [1.82, 2.24) is 0 Å². The lowest BCUT2D eigenvalue weighted by atomic mass is 10.2. The Labute approximate surface area is 68.7 Å². The van der Waals surface area contributed by atoms with E-state index < -0.39 is 0 Å². The van der Waals surface area contributed by atoms with Gasteiger partial charge in [-0.2, -0.15) is 0 Å². The van der Waals surface area contributed by atoms with E-state index in [0.29, 0.717) is 5.92 Å². The third kappa shape index (κ3) is 3.16. The number of rotatable bonds is 3. The van der Waals surface area contributed by atoms with Crippen LogP contribution in [-0.4, -0.2) is 10.2 Å². The first-order valence-electron chi connectivity index (χ1n) is 2.56. The lowest BCUT2D eigenvalue weighted by Gasteiger charge is -2.10. The van der Waals surface area contributed by atoms with Gasteiger partial charge in [0.05, 0.1) is 0 Å². The van der Waals surface area contributed by atoms with Crippen LogP contribution in [0.2, 0.25) is 0 Å². The lowest BCUT2D eigenvalue weighted by Crippen LogP contribution is -2.08. The molecule has 0 heterocycles. The van der Waals surface area contributed by atoms with Crippen LogP contribution in [0, 0.1) is 5.92 Å². The molecular formula is C5H9BrCl2. The second-order valence-electron chi connectivity index (χ2n) is 1.66. The summed E-state index contributed by atoms with van der Waals surface area (Å²) >= 11 is 14.5. The number of hydrogen-bond acceptors (Lipinski definition) is 0. The van der Waals surface area contributed by atoms with E-state index in [0.717, 1.165) is 11.8 Å². The number of hydrogen-bond donors (Lipinski definition) is 0. The zero-order valence-electron chi connectivity index (χ0n) is 4.70. The molecule has 0 saturated carbocycles. The monoisotopic (exact) mass is 218 g/mol. The third-order valence-electron chi connectivity index (χ3n) is 1.08. The van der Waals surface area contributed by atoms with Crippen molar-refractivity contribution in [3.05, 3.63) is 0 Å². The molecule has 1 unspecified atom stereocenters. The Kier molecular flexibility index (Phi) is 5.54. The summed E-state index contributed by atoms with van der Waals surface area (Å²) < 4.78 is 0. The van der Waals surface area contributed by atoms with Crippen LogP contribution in [-0.2, 0) is 0 Å². The van der Waals surface area contributed by atoms with Gasteiger partial charge in [0.1, 0.15) is 4.84 Å². The van der Waals surface area contributed by atoms with Crippen molar-refractivity contribution in [2.75, 3.05) is 5.33 Å². The molecule has 0 fully saturated rings. The van der Waals surface area contributed by atoms with Crippen molar-refractivity contribution in [2.45, 2.75) is 18.2 Å². The highest BCUT2D eigenvalue weighted by Crippen LogP contribution is 2.19. The van der Waals surface area contributed by atoms with Gasteiger partial charge in [-0.25, -0.2) is 0 Å². The molecule has 8 heavy (non-hydrogen) atoms. The van der Waals surface area contributed by atoms with Crippen molar-refractivity contribution in [3.8, 4) is 0 Å². The van der Waals surface area contributed by atoms with Crippen molar-refractivity contribution >= 4 is 39.1 Å². The Bertz CT molecular complexity index is 52.4. The minimum absolute atomic E-state index is 0.223. The van der Waals surface area contributed by atoms with Gasteiger partial charge in [-0.3, -0.25) is 0 Å². The predicted molar refractivity (Wildman–Crippen MR) is 43.1 cm³/mol. The molecule has 50 valence electrons. The lowest BCUT2D eigenvalue weighted by molar-refractivity contribution is 0.620. The smallest absolute Gasteiger partial charge is 0.105 e. The number of alkyl halides is 3. The molecule has 0 bridgehead atoms. The van der Waals surface area contributed by atoms with Crippen LogP contribution >= 0.6 is 39.1 Å². The summed E-state index contributed by atoms with van der Waals surface area (Å²) in [5, 5.41) is 0.890. The van der Waals surface area contributed by atoms with Crippen LogP contribution in [0.3, 0.4) is 0 Å². The van der Waals surface area contributed by atoms with E-state index in [1.165, 1.54) is 0 Å². The van der Waals surface area contributed by atoms with E-state index in [-0.39, 0.29) is 4.84 Å². The number of halogens is 3. The minimum atomic E-state index is -0.223. The maximum atomic E-state index is 5.58. The van der Waals surface area contributed by atoms with E-state index in [4.69, 9.17) is 23.2 Å². The predicted octanol–water partition coefficient (Wildman–Crippen LogP) is 3.21. The highest BCUT2D eigenvalue weighted by molar-refractivity contribution is 9.09. The molecule has 0 aromatic heterocycles. The van der Waals surface area contributed by atoms with Gasteiger partial charge in [0, 0.05) is 5.33 Å². The summed E-state index contributed by atoms with van der Waals surface area (Å²) in [6, 6.07) is 0.